The highest BCUT2D eigenvalue weighted by molar-refractivity contribution is 7.89. The van der Waals surface area contributed by atoms with E-state index >= 15 is 0 Å². The van der Waals surface area contributed by atoms with Gasteiger partial charge in [-0.05, 0) is 30.2 Å². The SMILES string of the molecule is C[C@@H](CS(=O)(=O)NC(c1ccc(Cl)cc1)P(=O)(O)O)NC(=O)OCc1ccccc1. The lowest BCUT2D eigenvalue weighted by molar-refractivity contribution is 0.137. The van der Waals surface area contributed by atoms with Gasteiger partial charge in [0.1, 0.15) is 12.4 Å². The molecule has 0 bridgehead atoms. The van der Waals surface area contributed by atoms with E-state index < -0.39 is 41.3 Å². The van der Waals surface area contributed by atoms with E-state index in [0.29, 0.717) is 5.02 Å². The van der Waals surface area contributed by atoms with Gasteiger partial charge in [0.15, 0.2) is 0 Å². The van der Waals surface area contributed by atoms with Crippen LogP contribution < -0.4 is 10.0 Å². The molecule has 4 N–H and O–H groups in total. The van der Waals surface area contributed by atoms with Gasteiger partial charge in [0, 0.05) is 11.1 Å². The quantitative estimate of drug-likeness (QED) is 0.407. The number of halogens is 1. The van der Waals surface area contributed by atoms with Gasteiger partial charge in [0.05, 0.1) is 5.75 Å². The van der Waals surface area contributed by atoms with Gasteiger partial charge in [-0.2, -0.15) is 4.72 Å². The molecule has 1 amide bonds. The number of nitrogens with one attached hydrogen (secondary N) is 2. The topological polar surface area (TPSA) is 142 Å². The van der Waals surface area contributed by atoms with E-state index in [0.717, 1.165) is 5.56 Å². The maximum absolute atomic E-state index is 12.4. The average Bonchev–Trinajstić information content (AvgIpc) is 2.65. The number of ether oxygens (including phenoxy) is 1. The lowest BCUT2D eigenvalue weighted by Gasteiger charge is -2.22. The third-order valence-electron chi connectivity index (χ3n) is 3.86. The lowest BCUT2D eigenvalue weighted by atomic mass is 10.2. The molecule has 164 valence electrons. The second kappa shape index (κ2) is 10.4. The smallest absolute Gasteiger partial charge is 0.407 e. The summed E-state index contributed by atoms with van der Waals surface area (Å²) in [6.45, 7) is 1.44. The maximum atomic E-state index is 12.4. The molecule has 0 heterocycles. The second-order valence-electron chi connectivity index (χ2n) is 6.55. The molecular formula is C18H22ClN2O7PS. The molecule has 9 nitrogen and oxygen atoms in total. The summed E-state index contributed by atoms with van der Waals surface area (Å²) in [6.07, 6.45) is -0.814. The third kappa shape index (κ3) is 8.06. The largest absolute Gasteiger partial charge is 0.445 e. The average molecular weight is 477 g/mol. The zero-order valence-electron chi connectivity index (χ0n) is 15.9. The van der Waals surface area contributed by atoms with Crippen molar-refractivity contribution < 1.29 is 32.3 Å². The number of rotatable bonds is 9. The fraction of sp³-hybridized carbons (Fsp3) is 0.278. The van der Waals surface area contributed by atoms with Crippen molar-refractivity contribution >= 4 is 35.3 Å². The molecule has 0 radical (unpaired) electrons. The fourth-order valence-electron chi connectivity index (χ4n) is 2.53. The van der Waals surface area contributed by atoms with Gasteiger partial charge >= 0.3 is 13.7 Å². The van der Waals surface area contributed by atoms with Crippen LogP contribution in [0.5, 0.6) is 0 Å². The van der Waals surface area contributed by atoms with Crippen molar-refractivity contribution in [2.24, 2.45) is 0 Å². The predicted molar refractivity (Wildman–Crippen MR) is 112 cm³/mol. The summed E-state index contributed by atoms with van der Waals surface area (Å²) in [5, 5.41) is 2.71. The van der Waals surface area contributed by atoms with Crippen LogP contribution in [-0.2, 0) is 25.9 Å². The van der Waals surface area contributed by atoms with Gasteiger partial charge < -0.3 is 19.8 Å². The van der Waals surface area contributed by atoms with Crippen molar-refractivity contribution in [3.8, 4) is 0 Å². The molecule has 0 saturated heterocycles. The van der Waals surface area contributed by atoms with Crippen molar-refractivity contribution in [1.29, 1.82) is 0 Å². The molecule has 0 aliphatic carbocycles. The molecule has 12 heteroatoms. The van der Waals surface area contributed by atoms with Crippen molar-refractivity contribution in [3.05, 3.63) is 70.7 Å². The van der Waals surface area contributed by atoms with Crippen molar-refractivity contribution in [2.45, 2.75) is 25.4 Å². The van der Waals surface area contributed by atoms with Crippen LogP contribution >= 0.6 is 19.2 Å². The van der Waals surface area contributed by atoms with Crippen LogP contribution in [-0.4, -0.2) is 36.1 Å². The van der Waals surface area contributed by atoms with Crippen LogP contribution in [0.2, 0.25) is 5.02 Å². The molecule has 30 heavy (non-hydrogen) atoms. The van der Waals surface area contributed by atoms with Gasteiger partial charge in [-0.1, -0.05) is 54.1 Å². The van der Waals surface area contributed by atoms with E-state index in [2.05, 4.69) is 5.32 Å². The van der Waals surface area contributed by atoms with E-state index in [1.165, 1.54) is 31.2 Å². The van der Waals surface area contributed by atoms with Crippen LogP contribution in [0.3, 0.4) is 0 Å². The summed E-state index contributed by atoms with van der Waals surface area (Å²) in [6, 6.07) is 13.5. The Morgan fingerprint density at radius 1 is 1.13 bits per heavy atom. The first kappa shape index (κ1) is 24.3. The Morgan fingerprint density at radius 3 is 2.30 bits per heavy atom. The summed E-state index contributed by atoms with van der Waals surface area (Å²) in [5.74, 6) is -2.39. The second-order valence-corrected chi connectivity index (χ2v) is 10.5. The van der Waals surface area contributed by atoms with E-state index in [4.69, 9.17) is 16.3 Å². The van der Waals surface area contributed by atoms with Crippen molar-refractivity contribution in [2.75, 3.05) is 5.75 Å². The molecule has 0 spiro atoms. The normalized spacial score (nSPS) is 14.0. The maximum Gasteiger partial charge on any atom is 0.407 e. The van der Waals surface area contributed by atoms with Crippen LogP contribution in [0, 0.1) is 0 Å². The molecule has 2 aromatic carbocycles. The first-order chi connectivity index (χ1) is 14.0. The molecule has 0 aliphatic rings. The predicted octanol–water partition coefficient (Wildman–Crippen LogP) is 2.75. The Morgan fingerprint density at radius 2 is 1.73 bits per heavy atom. The first-order valence-electron chi connectivity index (χ1n) is 8.74. The Balaban J connectivity index is 1.97. The molecule has 0 aromatic heterocycles. The minimum atomic E-state index is -4.87. The minimum absolute atomic E-state index is 0.0151. The van der Waals surface area contributed by atoms with Crippen molar-refractivity contribution in [3.63, 3.8) is 0 Å². The summed E-state index contributed by atoms with van der Waals surface area (Å²) in [4.78, 5) is 31.0. The van der Waals surface area contributed by atoms with Gasteiger partial charge in [-0.25, -0.2) is 13.2 Å². The fourth-order valence-corrected chi connectivity index (χ4v) is 5.56. The Kier molecular flexibility index (Phi) is 8.42. The summed E-state index contributed by atoms with van der Waals surface area (Å²) in [7, 11) is -9.05. The van der Waals surface area contributed by atoms with Gasteiger partial charge in [0.25, 0.3) is 0 Å². The number of hydrogen-bond acceptors (Lipinski definition) is 5. The van der Waals surface area contributed by atoms with E-state index in [-0.39, 0.29) is 12.2 Å². The Hall–Kier alpha value is -1.94. The lowest BCUT2D eigenvalue weighted by Crippen LogP contribution is -2.42. The zero-order chi connectivity index (χ0) is 22.4. The summed E-state index contributed by atoms with van der Waals surface area (Å²) >= 11 is 5.76. The number of alkyl carbamates (subject to hydrolysis) is 1. The molecule has 0 aliphatic heterocycles. The molecule has 0 fully saturated rings. The van der Waals surface area contributed by atoms with Gasteiger partial charge in [-0.3, -0.25) is 4.57 Å². The third-order valence-corrected chi connectivity index (χ3v) is 6.92. The Labute approximate surface area is 179 Å². The molecule has 2 rings (SSSR count). The summed E-state index contributed by atoms with van der Waals surface area (Å²) in [5.41, 5.74) is 0.821. The molecule has 2 aromatic rings. The monoisotopic (exact) mass is 476 g/mol. The highest BCUT2D eigenvalue weighted by Crippen LogP contribution is 2.50. The van der Waals surface area contributed by atoms with Crippen LogP contribution in [0.15, 0.2) is 54.6 Å². The highest BCUT2D eigenvalue weighted by atomic mass is 35.5. The number of sulfonamides is 1. The number of carbonyl (C=O) groups is 1. The summed E-state index contributed by atoms with van der Waals surface area (Å²) < 4.78 is 43.7. The van der Waals surface area contributed by atoms with Crippen LogP contribution in [0.1, 0.15) is 23.8 Å². The Bertz CT molecular complexity index is 997. The van der Waals surface area contributed by atoms with Gasteiger partial charge in [-0.15, -0.1) is 0 Å². The van der Waals surface area contributed by atoms with Crippen molar-refractivity contribution in [1.82, 2.24) is 10.0 Å². The standard InChI is InChI=1S/C18H22ClN2O7PS/c1-13(20-18(22)28-11-14-5-3-2-4-6-14)12-30(26,27)21-17(29(23,24)25)15-7-9-16(19)10-8-15/h2-10,13,17,21H,11-12H2,1H3,(H,20,22)(H2,23,24,25)/t13-,17?/m0/s1. The minimum Gasteiger partial charge on any atom is -0.445 e. The van der Waals surface area contributed by atoms with Crippen LogP contribution in [0.4, 0.5) is 4.79 Å². The number of benzene rings is 2. The molecule has 0 saturated carbocycles. The molecule has 2 atom stereocenters. The van der Waals surface area contributed by atoms with Crippen LogP contribution in [0.25, 0.3) is 0 Å². The van der Waals surface area contributed by atoms with E-state index in [9.17, 15) is 27.6 Å². The zero-order valence-corrected chi connectivity index (χ0v) is 18.4. The van der Waals surface area contributed by atoms with Gasteiger partial charge in [0.2, 0.25) is 10.0 Å². The highest BCUT2D eigenvalue weighted by Gasteiger charge is 2.34. The number of hydrogen-bond donors (Lipinski definition) is 4. The molecule has 1 unspecified atom stereocenters. The number of carbonyl (C=O) groups excluding carboxylic acids is 1. The first-order valence-corrected chi connectivity index (χ1v) is 12.5. The molecular weight excluding hydrogens is 455 g/mol. The van der Waals surface area contributed by atoms with E-state index in [1.807, 2.05) is 10.8 Å². The number of amides is 1. The van der Waals surface area contributed by atoms with E-state index in [1.54, 1.807) is 24.3 Å².